The summed E-state index contributed by atoms with van der Waals surface area (Å²) in [6, 6.07) is 0.917. The van der Waals surface area contributed by atoms with Crippen molar-refractivity contribution in [2.45, 2.75) is 13.0 Å². The van der Waals surface area contributed by atoms with Crippen molar-refractivity contribution < 1.29 is 13.9 Å². The lowest BCUT2D eigenvalue weighted by Crippen LogP contribution is -2.03. The molecule has 3 N–H and O–H groups in total. The molecule has 0 aromatic carbocycles. The number of alkyl halides is 2. The lowest BCUT2D eigenvalue weighted by molar-refractivity contribution is 0.145. The number of rotatable bonds is 2. The van der Waals surface area contributed by atoms with E-state index in [1.807, 2.05) is 0 Å². The van der Waals surface area contributed by atoms with Gasteiger partial charge in [-0.25, -0.2) is 13.8 Å². The van der Waals surface area contributed by atoms with E-state index in [4.69, 9.17) is 17.3 Å². The molecule has 0 spiro atoms. The maximum absolute atomic E-state index is 12.2. The smallest absolute Gasteiger partial charge is 0.280 e. The number of halogens is 3. The fraction of sp³-hybridized carbons (Fsp3) is 0.286. The van der Waals surface area contributed by atoms with E-state index < -0.39 is 12.1 Å². The third-order valence-corrected chi connectivity index (χ3v) is 1.74. The maximum Gasteiger partial charge on any atom is 0.280 e. The minimum absolute atomic E-state index is 0.0252. The topological polar surface area (TPSA) is 59.1 Å². The highest BCUT2D eigenvalue weighted by Crippen LogP contribution is 2.29. The first-order valence-electron chi connectivity index (χ1n) is 3.42. The van der Waals surface area contributed by atoms with Gasteiger partial charge in [0.2, 0.25) is 0 Å². The monoisotopic (exact) mass is 208 g/mol. The second-order valence-electron chi connectivity index (χ2n) is 2.33. The van der Waals surface area contributed by atoms with Gasteiger partial charge in [-0.15, -0.1) is 0 Å². The molecule has 1 aromatic heterocycles. The quantitative estimate of drug-likeness (QED) is 0.780. The van der Waals surface area contributed by atoms with Gasteiger partial charge in [-0.3, -0.25) is 0 Å². The Morgan fingerprint density at radius 3 is 2.69 bits per heavy atom. The van der Waals surface area contributed by atoms with Crippen LogP contribution in [0.2, 0.25) is 5.02 Å². The second kappa shape index (κ2) is 3.85. The molecule has 0 aliphatic heterocycles. The SMILES string of the molecule is NCc1nc(C(F)F)cc(Cl)c1O. The van der Waals surface area contributed by atoms with Gasteiger partial charge in [0.25, 0.3) is 6.43 Å². The first kappa shape index (κ1) is 10.1. The standard InChI is InChI=1S/C7H7ClF2N2O/c8-3-1-4(7(9)10)12-5(2-11)6(3)13/h1,7,13H,2,11H2. The molecule has 0 atom stereocenters. The minimum atomic E-state index is -2.72. The largest absolute Gasteiger partial charge is 0.504 e. The van der Waals surface area contributed by atoms with E-state index in [1.54, 1.807) is 0 Å². The van der Waals surface area contributed by atoms with Crippen LogP contribution in [0.1, 0.15) is 17.8 Å². The van der Waals surface area contributed by atoms with Crippen molar-refractivity contribution in [3.05, 3.63) is 22.5 Å². The van der Waals surface area contributed by atoms with Crippen molar-refractivity contribution in [3.8, 4) is 5.75 Å². The zero-order valence-corrected chi connectivity index (χ0v) is 7.22. The molecule has 0 amide bonds. The van der Waals surface area contributed by atoms with Crippen LogP contribution >= 0.6 is 11.6 Å². The summed E-state index contributed by atoms with van der Waals surface area (Å²) in [4.78, 5) is 3.44. The van der Waals surface area contributed by atoms with Gasteiger partial charge >= 0.3 is 0 Å². The third kappa shape index (κ3) is 2.05. The van der Waals surface area contributed by atoms with E-state index in [9.17, 15) is 13.9 Å². The van der Waals surface area contributed by atoms with E-state index in [-0.39, 0.29) is 23.0 Å². The van der Waals surface area contributed by atoms with E-state index in [2.05, 4.69) is 4.98 Å². The van der Waals surface area contributed by atoms with E-state index in [1.165, 1.54) is 0 Å². The van der Waals surface area contributed by atoms with Crippen LogP contribution in [0.3, 0.4) is 0 Å². The molecule has 0 saturated heterocycles. The predicted molar refractivity (Wildman–Crippen MR) is 43.8 cm³/mol. The number of hydrogen-bond donors (Lipinski definition) is 2. The highest BCUT2D eigenvalue weighted by atomic mass is 35.5. The summed E-state index contributed by atoms with van der Waals surface area (Å²) in [7, 11) is 0. The molecule has 1 rings (SSSR count). The van der Waals surface area contributed by atoms with Crippen LogP contribution in [-0.4, -0.2) is 10.1 Å². The Morgan fingerprint density at radius 1 is 1.62 bits per heavy atom. The summed E-state index contributed by atoms with van der Waals surface area (Å²) in [5, 5.41) is 9.02. The van der Waals surface area contributed by atoms with Gasteiger partial charge in [0.15, 0.2) is 5.75 Å². The molecular weight excluding hydrogens is 202 g/mol. The first-order valence-corrected chi connectivity index (χ1v) is 3.80. The molecule has 1 heterocycles. The highest BCUT2D eigenvalue weighted by molar-refractivity contribution is 6.32. The zero-order chi connectivity index (χ0) is 10.0. The number of pyridine rings is 1. The summed E-state index contributed by atoms with van der Waals surface area (Å²) >= 11 is 5.46. The molecule has 72 valence electrons. The van der Waals surface area contributed by atoms with Crippen LogP contribution < -0.4 is 5.73 Å². The van der Waals surface area contributed by atoms with Gasteiger partial charge in [0.1, 0.15) is 5.69 Å². The Balaban J connectivity index is 3.22. The molecule has 0 aliphatic carbocycles. The van der Waals surface area contributed by atoms with Gasteiger partial charge in [0, 0.05) is 6.54 Å². The molecule has 0 radical (unpaired) electrons. The van der Waals surface area contributed by atoms with Crippen molar-refractivity contribution in [2.24, 2.45) is 5.73 Å². The number of aromatic hydroxyl groups is 1. The molecule has 3 nitrogen and oxygen atoms in total. The molecule has 0 bridgehead atoms. The van der Waals surface area contributed by atoms with Crippen LogP contribution in [-0.2, 0) is 6.54 Å². The second-order valence-corrected chi connectivity index (χ2v) is 2.74. The van der Waals surface area contributed by atoms with Crippen molar-refractivity contribution in [2.75, 3.05) is 0 Å². The van der Waals surface area contributed by atoms with Gasteiger partial charge in [0.05, 0.1) is 10.7 Å². The van der Waals surface area contributed by atoms with Crippen LogP contribution in [0.25, 0.3) is 0 Å². The molecule has 0 aliphatic rings. The maximum atomic E-state index is 12.2. The van der Waals surface area contributed by atoms with Crippen molar-refractivity contribution in [1.82, 2.24) is 4.98 Å². The Kier molecular flexibility index (Phi) is 3.00. The molecule has 0 unspecified atom stereocenters. The lowest BCUT2D eigenvalue weighted by Gasteiger charge is -2.05. The summed E-state index contributed by atoms with van der Waals surface area (Å²) < 4.78 is 24.3. The molecular formula is C7H7ClF2N2O. The first-order chi connectivity index (χ1) is 6.06. The Hall–Kier alpha value is -0.940. The van der Waals surface area contributed by atoms with Gasteiger partial charge in [-0.05, 0) is 6.07 Å². The third-order valence-electron chi connectivity index (χ3n) is 1.46. The number of hydrogen-bond acceptors (Lipinski definition) is 3. The van der Waals surface area contributed by atoms with Crippen LogP contribution in [0.5, 0.6) is 5.75 Å². The number of aromatic nitrogens is 1. The molecule has 6 heteroatoms. The van der Waals surface area contributed by atoms with Crippen LogP contribution in [0, 0.1) is 0 Å². The fourth-order valence-electron chi connectivity index (χ4n) is 0.831. The van der Waals surface area contributed by atoms with Gasteiger partial charge < -0.3 is 10.8 Å². The van der Waals surface area contributed by atoms with E-state index in [0.717, 1.165) is 6.07 Å². The Labute approximate surface area is 78.1 Å². The normalized spacial score (nSPS) is 10.8. The van der Waals surface area contributed by atoms with E-state index >= 15 is 0 Å². The molecule has 1 aromatic rings. The summed E-state index contributed by atoms with van der Waals surface area (Å²) in [5.74, 6) is -0.339. The average Bonchev–Trinajstić information content (AvgIpc) is 2.09. The average molecular weight is 209 g/mol. The van der Waals surface area contributed by atoms with Crippen LogP contribution in [0.4, 0.5) is 8.78 Å². The molecule has 13 heavy (non-hydrogen) atoms. The fourth-order valence-corrected chi connectivity index (χ4v) is 1.05. The molecule has 0 saturated carbocycles. The summed E-state index contributed by atoms with van der Waals surface area (Å²) in [5.41, 5.74) is 4.65. The number of nitrogens with two attached hydrogens (primary N) is 1. The summed E-state index contributed by atoms with van der Waals surface area (Å²) in [6.45, 7) is -0.133. The Bertz CT molecular complexity index is 320. The van der Waals surface area contributed by atoms with Crippen molar-refractivity contribution in [1.29, 1.82) is 0 Å². The number of nitrogens with zero attached hydrogens (tertiary/aromatic N) is 1. The zero-order valence-electron chi connectivity index (χ0n) is 6.47. The predicted octanol–water partition coefficient (Wildman–Crippen LogP) is 1.84. The summed E-state index contributed by atoms with van der Waals surface area (Å²) in [6.07, 6.45) is -2.72. The van der Waals surface area contributed by atoms with Crippen molar-refractivity contribution in [3.63, 3.8) is 0 Å². The Morgan fingerprint density at radius 2 is 2.23 bits per heavy atom. The minimum Gasteiger partial charge on any atom is -0.504 e. The highest BCUT2D eigenvalue weighted by Gasteiger charge is 2.14. The van der Waals surface area contributed by atoms with Gasteiger partial charge in [-0.1, -0.05) is 11.6 Å². The van der Waals surface area contributed by atoms with Crippen LogP contribution in [0.15, 0.2) is 6.07 Å². The van der Waals surface area contributed by atoms with Crippen molar-refractivity contribution >= 4 is 11.6 Å². The van der Waals surface area contributed by atoms with Gasteiger partial charge in [-0.2, -0.15) is 0 Å². The molecule has 0 fully saturated rings. The van der Waals surface area contributed by atoms with E-state index in [0.29, 0.717) is 0 Å². The lowest BCUT2D eigenvalue weighted by atomic mass is 10.3.